The molecule has 0 aliphatic carbocycles. The third-order valence-electron chi connectivity index (χ3n) is 5.17. The van der Waals surface area contributed by atoms with E-state index in [0.717, 1.165) is 36.6 Å². The van der Waals surface area contributed by atoms with Crippen molar-refractivity contribution in [2.75, 3.05) is 30.3 Å². The van der Waals surface area contributed by atoms with Crippen molar-refractivity contribution in [3.8, 4) is 0 Å². The minimum atomic E-state index is 0.126. The summed E-state index contributed by atoms with van der Waals surface area (Å²) in [6, 6.07) is 8.56. The molecule has 1 aromatic heterocycles. The molecule has 1 aliphatic rings. The first-order valence-electron chi connectivity index (χ1n) is 9.06. The van der Waals surface area contributed by atoms with E-state index in [2.05, 4.69) is 53.0 Å². The number of carbonyl (C=O) groups is 1. The van der Waals surface area contributed by atoms with Crippen molar-refractivity contribution in [2.24, 2.45) is 0 Å². The second kappa shape index (κ2) is 7.32. The Balaban J connectivity index is 1.70. The molecule has 1 aliphatic heterocycles. The standard InChI is InChI=1S/C20H27N5O/c1-13-7-5-6-8-18(13)24-9-10-25(14(2)12-24)19(26)11-17-15(3)22-20(21)23-16(17)4/h5-8,14H,9-12H2,1-4H3,(H2,21,22,23)/t14-/m0/s1. The smallest absolute Gasteiger partial charge is 0.227 e. The van der Waals surface area contributed by atoms with E-state index in [1.165, 1.54) is 11.3 Å². The number of aromatic nitrogens is 2. The number of hydrogen-bond acceptors (Lipinski definition) is 5. The minimum absolute atomic E-state index is 0.126. The molecule has 0 spiro atoms. The van der Waals surface area contributed by atoms with Crippen LogP contribution in [0.4, 0.5) is 11.6 Å². The van der Waals surface area contributed by atoms with Gasteiger partial charge in [0.2, 0.25) is 11.9 Å². The van der Waals surface area contributed by atoms with E-state index >= 15 is 0 Å². The molecule has 3 rings (SSSR count). The highest BCUT2D eigenvalue weighted by Crippen LogP contribution is 2.23. The Labute approximate surface area is 155 Å². The highest BCUT2D eigenvalue weighted by Gasteiger charge is 2.28. The van der Waals surface area contributed by atoms with Crippen LogP contribution in [-0.4, -0.2) is 46.5 Å². The van der Waals surface area contributed by atoms with Gasteiger partial charge in [0.1, 0.15) is 0 Å². The number of benzene rings is 1. The number of carbonyl (C=O) groups excluding carboxylic acids is 1. The Morgan fingerprint density at radius 3 is 2.42 bits per heavy atom. The second-order valence-electron chi connectivity index (χ2n) is 7.08. The van der Waals surface area contributed by atoms with Crippen molar-refractivity contribution >= 4 is 17.5 Å². The van der Waals surface area contributed by atoms with Gasteiger partial charge in [-0.05, 0) is 39.3 Å². The quantitative estimate of drug-likeness (QED) is 0.916. The Morgan fingerprint density at radius 1 is 1.15 bits per heavy atom. The van der Waals surface area contributed by atoms with Gasteiger partial charge in [0.15, 0.2) is 0 Å². The predicted molar refractivity (Wildman–Crippen MR) is 104 cm³/mol. The summed E-state index contributed by atoms with van der Waals surface area (Å²) in [5.74, 6) is 0.387. The van der Waals surface area contributed by atoms with Crippen LogP contribution in [0.5, 0.6) is 0 Å². The summed E-state index contributed by atoms with van der Waals surface area (Å²) in [6.07, 6.45) is 0.326. The minimum Gasteiger partial charge on any atom is -0.368 e. The Kier molecular flexibility index (Phi) is 5.11. The van der Waals surface area contributed by atoms with Gasteiger partial charge in [-0.1, -0.05) is 18.2 Å². The number of anilines is 2. The zero-order valence-corrected chi connectivity index (χ0v) is 16.0. The van der Waals surface area contributed by atoms with Crippen molar-refractivity contribution < 1.29 is 4.79 Å². The fourth-order valence-corrected chi connectivity index (χ4v) is 3.74. The molecule has 0 saturated carbocycles. The van der Waals surface area contributed by atoms with Crippen LogP contribution in [0, 0.1) is 20.8 Å². The number of para-hydroxylation sites is 1. The van der Waals surface area contributed by atoms with E-state index in [-0.39, 0.29) is 17.9 Å². The fourth-order valence-electron chi connectivity index (χ4n) is 3.74. The molecule has 0 radical (unpaired) electrons. The normalized spacial score (nSPS) is 17.5. The molecule has 1 aromatic carbocycles. The van der Waals surface area contributed by atoms with Crippen molar-refractivity contribution in [1.82, 2.24) is 14.9 Å². The summed E-state index contributed by atoms with van der Waals surface area (Å²) in [5, 5.41) is 0. The molecule has 2 N–H and O–H groups in total. The summed E-state index contributed by atoms with van der Waals surface area (Å²) < 4.78 is 0. The van der Waals surface area contributed by atoms with Crippen molar-refractivity contribution in [3.05, 3.63) is 46.8 Å². The number of piperazine rings is 1. The van der Waals surface area contributed by atoms with E-state index in [1.807, 2.05) is 18.7 Å². The third-order valence-corrected chi connectivity index (χ3v) is 5.17. The fraction of sp³-hybridized carbons (Fsp3) is 0.450. The highest BCUT2D eigenvalue weighted by atomic mass is 16.2. The van der Waals surface area contributed by atoms with Crippen LogP contribution in [0.3, 0.4) is 0 Å². The molecule has 1 atom stereocenters. The van der Waals surface area contributed by atoms with Gasteiger partial charge in [0, 0.05) is 48.3 Å². The summed E-state index contributed by atoms with van der Waals surface area (Å²) in [4.78, 5) is 25.6. The average Bonchev–Trinajstić information content (AvgIpc) is 2.58. The second-order valence-corrected chi connectivity index (χ2v) is 7.08. The van der Waals surface area contributed by atoms with Gasteiger partial charge in [-0.15, -0.1) is 0 Å². The van der Waals surface area contributed by atoms with Crippen LogP contribution >= 0.6 is 0 Å². The highest BCUT2D eigenvalue weighted by molar-refractivity contribution is 5.80. The number of aryl methyl sites for hydroxylation is 3. The van der Waals surface area contributed by atoms with Crippen LogP contribution < -0.4 is 10.6 Å². The molecule has 138 valence electrons. The van der Waals surface area contributed by atoms with Crippen LogP contribution in [-0.2, 0) is 11.2 Å². The van der Waals surface area contributed by atoms with Crippen LogP contribution in [0.15, 0.2) is 24.3 Å². The lowest BCUT2D eigenvalue weighted by molar-refractivity contribution is -0.132. The van der Waals surface area contributed by atoms with Gasteiger partial charge in [-0.2, -0.15) is 0 Å². The van der Waals surface area contributed by atoms with Gasteiger partial charge in [-0.3, -0.25) is 4.79 Å². The maximum absolute atomic E-state index is 12.9. The maximum atomic E-state index is 12.9. The number of rotatable bonds is 3. The third kappa shape index (κ3) is 3.64. The van der Waals surface area contributed by atoms with Crippen molar-refractivity contribution in [1.29, 1.82) is 0 Å². The first kappa shape index (κ1) is 18.2. The van der Waals surface area contributed by atoms with Crippen LogP contribution in [0.1, 0.15) is 29.4 Å². The van der Waals surface area contributed by atoms with E-state index in [4.69, 9.17) is 5.73 Å². The summed E-state index contributed by atoms with van der Waals surface area (Å²) >= 11 is 0. The Bertz CT molecular complexity index is 797. The van der Waals surface area contributed by atoms with Crippen LogP contribution in [0.25, 0.3) is 0 Å². The van der Waals surface area contributed by atoms with E-state index < -0.39 is 0 Å². The predicted octanol–water partition coefficient (Wildman–Crippen LogP) is 2.26. The Morgan fingerprint density at radius 2 is 1.81 bits per heavy atom. The SMILES string of the molecule is Cc1ccccc1N1CCN(C(=O)Cc2c(C)nc(N)nc2C)[C@@H](C)C1. The van der Waals surface area contributed by atoms with Crippen LogP contribution in [0.2, 0.25) is 0 Å². The number of amides is 1. The first-order valence-corrected chi connectivity index (χ1v) is 9.06. The van der Waals surface area contributed by atoms with E-state index in [9.17, 15) is 4.79 Å². The number of nitrogens with zero attached hydrogens (tertiary/aromatic N) is 4. The van der Waals surface area contributed by atoms with E-state index in [0.29, 0.717) is 6.42 Å². The lowest BCUT2D eigenvalue weighted by atomic mass is 10.1. The van der Waals surface area contributed by atoms with Crippen molar-refractivity contribution in [3.63, 3.8) is 0 Å². The number of nitrogens with two attached hydrogens (primary N) is 1. The molecule has 1 fully saturated rings. The van der Waals surface area contributed by atoms with Crippen molar-refractivity contribution in [2.45, 2.75) is 40.2 Å². The zero-order chi connectivity index (χ0) is 18.8. The Hall–Kier alpha value is -2.63. The summed E-state index contributed by atoms with van der Waals surface area (Å²) in [5.41, 5.74) is 10.7. The summed E-state index contributed by atoms with van der Waals surface area (Å²) in [7, 11) is 0. The molecule has 1 saturated heterocycles. The average molecular weight is 353 g/mol. The largest absolute Gasteiger partial charge is 0.368 e. The first-order chi connectivity index (χ1) is 12.4. The van der Waals surface area contributed by atoms with Gasteiger partial charge in [-0.25, -0.2) is 9.97 Å². The van der Waals surface area contributed by atoms with Gasteiger partial charge in [0.05, 0.1) is 6.42 Å². The maximum Gasteiger partial charge on any atom is 0.227 e. The van der Waals surface area contributed by atoms with Gasteiger partial charge >= 0.3 is 0 Å². The lowest BCUT2D eigenvalue weighted by Gasteiger charge is -2.41. The number of hydrogen-bond donors (Lipinski definition) is 1. The molecular formula is C20H27N5O. The topological polar surface area (TPSA) is 75.3 Å². The molecule has 6 nitrogen and oxygen atoms in total. The molecule has 1 amide bonds. The zero-order valence-electron chi connectivity index (χ0n) is 16.0. The monoisotopic (exact) mass is 353 g/mol. The number of nitrogen functional groups attached to an aromatic ring is 1. The lowest BCUT2D eigenvalue weighted by Crippen LogP contribution is -2.54. The molecule has 0 unspecified atom stereocenters. The molecule has 2 aromatic rings. The molecule has 0 bridgehead atoms. The molecule has 26 heavy (non-hydrogen) atoms. The van der Waals surface area contributed by atoms with Gasteiger partial charge < -0.3 is 15.5 Å². The molecule has 2 heterocycles. The molecule has 6 heteroatoms. The van der Waals surface area contributed by atoms with E-state index in [1.54, 1.807) is 0 Å². The molecular weight excluding hydrogens is 326 g/mol. The summed E-state index contributed by atoms with van der Waals surface area (Å²) in [6.45, 7) is 10.4. The van der Waals surface area contributed by atoms with Gasteiger partial charge in [0.25, 0.3) is 0 Å².